The Morgan fingerprint density at radius 2 is 2.00 bits per heavy atom. The number of likely N-dealkylation sites (tertiary alicyclic amines) is 1. The minimum absolute atomic E-state index is 0.510. The molecule has 0 bridgehead atoms. The Hall–Kier alpha value is -2.40. The second-order valence-corrected chi connectivity index (χ2v) is 7.11. The summed E-state index contributed by atoms with van der Waals surface area (Å²) in [6.45, 7) is 6.36. The Balaban J connectivity index is 1.39. The van der Waals surface area contributed by atoms with Gasteiger partial charge in [-0.15, -0.1) is 0 Å². The van der Waals surface area contributed by atoms with Crippen LogP contribution in [0.2, 0.25) is 0 Å². The largest absolute Gasteiger partial charge is 0.333 e. The summed E-state index contributed by atoms with van der Waals surface area (Å²) in [5.41, 5.74) is 2.57. The summed E-state index contributed by atoms with van der Waals surface area (Å²) in [4.78, 5) is 6.75. The van der Waals surface area contributed by atoms with Gasteiger partial charge in [0.2, 0.25) is 0 Å². The minimum atomic E-state index is 0.510. The van der Waals surface area contributed by atoms with E-state index in [2.05, 4.69) is 63.1 Å². The average Bonchev–Trinajstić information content (AvgIpc) is 3.30. The molecule has 5 nitrogen and oxygen atoms in total. The van der Waals surface area contributed by atoms with Gasteiger partial charge in [-0.2, -0.15) is 5.10 Å². The first-order chi connectivity index (χ1) is 12.3. The molecule has 25 heavy (non-hydrogen) atoms. The van der Waals surface area contributed by atoms with Gasteiger partial charge in [0, 0.05) is 43.3 Å². The van der Waals surface area contributed by atoms with Gasteiger partial charge in [-0.3, -0.25) is 9.58 Å². The van der Waals surface area contributed by atoms with Crippen LogP contribution in [-0.2, 0) is 13.1 Å². The van der Waals surface area contributed by atoms with Crippen molar-refractivity contribution in [1.82, 2.24) is 24.2 Å². The van der Waals surface area contributed by atoms with Crippen LogP contribution in [0.1, 0.15) is 30.5 Å². The number of benzene rings is 1. The van der Waals surface area contributed by atoms with Crippen LogP contribution in [0.25, 0.3) is 0 Å². The summed E-state index contributed by atoms with van der Waals surface area (Å²) in [7, 11) is 0. The van der Waals surface area contributed by atoms with Crippen LogP contribution in [0.4, 0.5) is 0 Å². The van der Waals surface area contributed by atoms with E-state index >= 15 is 0 Å². The van der Waals surface area contributed by atoms with E-state index in [1.807, 2.05) is 29.5 Å². The van der Waals surface area contributed by atoms with E-state index in [0.717, 1.165) is 26.2 Å². The molecular formula is C20H25N5. The second kappa shape index (κ2) is 7.23. The number of rotatable bonds is 5. The zero-order chi connectivity index (χ0) is 17.1. The second-order valence-electron chi connectivity index (χ2n) is 7.11. The number of nitrogens with zero attached hydrogens (tertiary/aromatic N) is 5. The van der Waals surface area contributed by atoms with E-state index in [-0.39, 0.29) is 0 Å². The molecule has 1 saturated heterocycles. The molecule has 0 radical (unpaired) electrons. The molecule has 2 atom stereocenters. The maximum atomic E-state index is 4.54. The Kier molecular flexibility index (Phi) is 4.65. The van der Waals surface area contributed by atoms with Gasteiger partial charge in [0.25, 0.3) is 0 Å². The van der Waals surface area contributed by atoms with Gasteiger partial charge in [0.1, 0.15) is 0 Å². The van der Waals surface area contributed by atoms with E-state index in [1.54, 1.807) is 0 Å². The number of hydrogen-bond acceptors (Lipinski definition) is 3. The average molecular weight is 335 g/mol. The van der Waals surface area contributed by atoms with Crippen molar-refractivity contribution in [2.24, 2.45) is 5.92 Å². The van der Waals surface area contributed by atoms with Crippen LogP contribution in [0, 0.1) is 5.92 Å². The lowest BCUT2D eigenvalue weighted by atomic mass is 9.93. The highest BCUT2D eigenvalue weighted by Crippen LogP contribution is 2.28. The first-order valence-electron chi connectivity index (χ1n) is 9.03. The van der Waals surface area contributed by atoms with Crippen molar-refractivity contribution in [1.29, 1.82) is 0 Å². The molecule has 0 unspecified atom stereocenters. The Bertz CT molecular complexity index is 778. The van der Waals surface area contributed by atoms with E-state index < -0.39 is 0 Å². The number of aromatic nitrogens is 4. The highest BCUT2D eigenvalue weighted by atomic mass is 15.3. The number of piperidine rings is 1. The summed E-state index contributed by atoms with van der Waals surface area (Å²) >= 11 is 0. The van der Waals surface area contributed by atoms with Crippen molar-refractivity contribution < 1.29 is 0 Å². The number of hydrogen-bond donors (Lipinski definition) is 0. The van der Waals surface area contributed by atoms with Crippen molar-refractivity contribution in [2.75, 3.05) is 13.1 Å². The van der Waals surface area contributed by atoms with Crippen LogP contribution in [0.15, 0.2) is 61.4 Å². The van der Waals surface area contributed by atoms with Gasteiger partial charge in [-0.05, 0) is 24.4 Å². The predicted octanol–water partition coefficient (Wildman–Crippen LogP) is 3.21. The van der Waals surface area contributed by atoms with Crippen LogP contribution >= 0.6 is 0 Å². The van der Waals surface area contributed by atoms with E-state index in [4.69, 9.17) is 0 Å². The smallest absolute Gasteiger partial charge is 0.0949 e. The zero-order valence-corrected chi connectivity index (χ0v) is 14.7. The van der Waals surface area contributed by atoms with Gasteiger partial charge in [-0.25, -0.2) is 4.98 Å². The zero-order valence-electron chi connectivity index (χ0n) is 14.7. The van der Waals surface area contributed by atoms with Crippen molar-refractivity contribution in [3.63, 3.8) is 0 Å². The standard InChI is InChI=1S/C20H25N5/c1-17-7-9-23(15-20(17)24-10-8-21-16-24)12-19-11-22-25(14-19)13-18-5-3-2-4-6-18/h2-6,8,10-11,14,16-17,20H,7,9,12-13,15H2,1H3/t17-,20+/m1/s1. The van der Waals surface area contributed by atoms with Crippen LogP contribution in [-0.4, -0.2) is 37.3 Å². The van der Waals surface area contributed by atoms with Crippen molar-refractivity contribution in [3.05, 3.63) is 72.6 Å². The third kappa shape index (κ3) is 3.82. The fourth-order valence-corrected chi connectivity index (χ4v) is 3.71. The Morgan fingerprint density at radius 1 is 1.12 bits per heavy atom. The molecule has 5 heteroatoms. The lowest BCUT2D eigenvalue weighted by Gasteiger charge is -2.37. The predicted molar refractivity (Wildman–Crippen MR) is 98.1 cm³/mol. The molecule has 3 heterocycles. The first kappa shape index (κ1) is 16.1. The van der Waals surface area contributed by atoms with Gasteiger partial charge >= 0.3 is 0 Å². The summed E-state index contributed by atoms with van der Waals surface area (Å²) in [5, 5.41) is 4.54. The Morgan fingerprint density at radius 3 is 2.80 bits per heavy atom. The summed E-state index contributed by atoms with van der Waals surface area (Å²) in [5.74, 6) is 0.686. The van der Waals surface area contributed by atoms with Gasteiger partial charge in [0.15, 0.2) is 0 Å². The molecule has 1 aliphatic heterocycles. The van der Waals surface area contributed by atoms with Crippen molar-refractivity contribution in [3.8, 4) is 0 Å². The molecule has 1 aliphatic rings. The highest BCUT2D eigenvalue weighted by Gasteiger charge is 2.27. The molecule has 4 rings (SSSR count). The molecule has 0 saturated carbocycles. The van der Waals surface area contributed by atoms with Crippen molar-refractivity contribution in [2.45, 2.75) is 32.5 Å². The fraction of sp³-hybridized carbons (Fsp3) is 0.400. The molecule has 3 aromatic rings. The maximum absolute atomic E-state index is 4.54. The molecule has 0 spiro atoms. The van der Waals surface area contributed by atoms with Crippen LogP contribution in [0.3, 0.4) is 0 Å². The topological polar surface area (TPSA) is 38.9 Å². The minimum Gasteiger partial charge on any atom is -0.333 e. The monoisotopic (exact) mass is 335 g/mol. The molecule has 130 valence electrons. The first-order valence-corrected chi connectivity index (χ1v) is 9.03. The Labute approximate surface area is 148 Å². The molecular weight excluding hydrogens is 310 g/mol. The SMILES string of the molecule is C[C@@H]1CCN(Cc2cnn(Cc3ccccc3)c2)C[C@@H]1n1ccnc1. The van der Waals surface area contributed by atoms with Crippen LogP contribution in [0.5, 0.6) is 0 Å². The molecule has 0 N–H and O–H groups in total. The van der Waals surface area contributed by atoms with Crippen LogP contribution < -0.4 is 0 Å². The molecule has 1 aromatic carbocycles. The fourth-order valence-electron chi connectivity index (χ4n) is 3.71. The highest BCUT2D eigenvalue weighted by molar-refractivity contribution is 5.15. The lowest BCUT2D eigenvalue weighted by Crippen LogP contribution is -2.39. The third-order valence-electron chi connectivity index (χ3n) is 5.19. The molecule has 2 aromatic heterocycles. The molecule has 0 aliphatic carbocycles. The van der Waals surface area contributed by atoms with E-state index in [9.17, 15) is 0 Å². The third-order valence-corrected chi connectivity index (χ3v) is 5.19. The van der Waals surface area contributed by atoms with E-state index in [0.29, 0.717) is 12.0 Å². The molecule has 0 amide bonds. The van der Waals surface area contributed by atoms with Gasteiger partial charge in [-0.1, -0.05) is 37.3 Å². The van der Waals surface area contributed by atoms with E-state index in [1.165, 1.54) is 17.5 Å². The lowest BCUT2D eigenvalue weighted by molar-refractivity contribution is 0.126. The maximum Gasteiger partial charge on any atom is 0.0949 e. The summed E-state index contributed by atoms with van der Waals surface area (Å²) in [6.07, 6.45) is 11.3. The van der Waals surface area contributed by atoms with Gasteiger partial charge < -0.3 is 4.57 Å². The van der Waals surface area contributed by atoms with Crippen molar-refractivity contribution >= 4 is 0 Å². The number of imidazole rings is 1. The summed E-state index contributed by atoms with van der Waals surface area (Å²) in [6, 6.07) is 11.0. The normalized spacial score (nSPS) is 21.5. The molecule has 1 fully saturated rings. The quantitative estimate of drug-likeness (QED) is 0.719. The van der Waals surface area contributed by atoms with Gasteiger partial charge in [0.05, 0.1) is 19.1 Å². The summed E-state index contributed by atoms with van der Waals surface area (Å²) < 4.78 is 4.29.